The molecule has 1 N–H and O–H groups in total. The molecule has 106 valence electrons. The largest absolute Gasteiger partial charge is 0.349 e. The number of carbonyl (C=O) groups is 1. The first kappa shape index (κ1) is 15.0. The van der Waals surface area contributed by atoms with Crippen LogP contribution in [0.3, 0.4) is 0 Å². The Labute approximate surface area is 125 Å². The zero-order chi connectivity index (χ0) is 14.5. The minimum atomic E-state index is -0.276. The van der Waals surface area contributed by atoms with Gasteiger partial charge in [0.2, 0.25) is 5.91 Å². The van der Waals surface area contributed by atoms with Crippen LogP contribution in [0, 0.1) is 12.7 Å². The maximum Gasteiger partial charge on any atom is 0.230 e. The van der Waals surface area contributed by atoms with E-state index in [1.807, 2.05) is 19.2 Å². The Bertz CT molecular complexity index is 583. The van der Waals surface area contributed by atoms with Crippen molar-refractivity contribution in [1.82, 2.24) is 10.3 Å². The highest BCUT2D eigenvalue weighted by Gasteiger charge is 2.11. The minimum absolute atomic E-state index is 0.0559. The topological polar surface area (TPSA) is 42.0 Å². The number of aromatic nitrogens is 1. The maximum absolute atomic E-state index is 12.8. The standard InChI is InChI=1S/C14H15FN2OS2/c1-9-7-19-14(16-9)20-8-13(18)17-10(2)11-3-5-12(15)6-4-11/h3-7,10H,8H2,1-2H3,(H,17,18)/t10-/m0/s1. The van der Waals surface area contributed by atoms with Crippen LogP contribution in [0.15, 0.2) is 34.0 Å². The first-order valence-corrected chi connectivity index (χ1v) is 8.01. The summed E-state index contributed by atoms with van der Waals surface area (Å²) in [6, 6.07) is 6.01. The van der Waals surface area contributed by atoms with E-state index in [1.165, 1.54) is 35.2 Å². The van der Waals surface area contributed by atoms with Gasteiger partial charge in [-0.3, -0.25) is 4.79 Å². The van der Waals surface area contributed by atoms with Crippen LogP contribution in [0.4, 0.5) is 4.39 Å². The van der Waals surface area contributed by atoms with E-state index < -0.39 is 0 Å². The van der Waals surface area contributed by atoms with Crippen LogP contribution in [0.25, 0.3) is 0 Å². The Morgan fingerprint density at radius 3 is 2.75 bits per heavy atom. The molecule has 2 aromatic rings. The molecule has 6 heteroatoms. The Morgan fingerprint density at radius 1 is 1.45 bits per heavy atom. The summed E-state index contributed by atoms with van der Waals surface area (Å²) in [6.45, 7) is 3.81. The highest BCUT2D eigenvalue weighted by molar-refractivity contribution is 8.01. The molecule has 0 fully saturated rings. The first-order valence-electron chi connectivity index (χ1n) is 6.14. The van der Waals surface area contributed by atoms with Crippen molar-refractivity contribution in [3.63, 3.8) is 0 Å². The van der Waals surface area contributed by atoms with Crippen molar-refractivity contribution >= 4 is 29.0 Å². The Balaban J connectivity index is 1.83. The quantitative estimate of drug-likeness (QED) is 0.859. The summed E-state index contributed by atoms with van der Waals surface area (Å²) in [5.41, 5.74) is 1.85. The summed E-state index contributed by atoms with van der Waals surface area (Å²) in [7, 11) is 0. The molecule has 0 saturated heterocycles. The number of thiazole rings is 1. The van der Waals surface area contributed by atoms with Gasteiger partial charge in [0.15, 0.2) is 4.34 Å². The third kappa shape index (κ3) is 4.31. The van der Waals surface area contributed by atoms with Crippen LogP contribution in [0.5, 0.6) is 0 Å². The molecule has 0 bridgehead atoms. The number of halogens is 1. The minimum Gasteiger partial charge on any atom is -0.349 e. The molecular weight excluding hydrogens is 295 g/mol. The van der Waals surface area contributed by atoms with Gasteiger partial charge in [0.25, 0.3) is 0 Å². The monoisotopic (exact) mass is 310 g/mol. The number of nitrogens with zero attached hydrogens (tertiary/aromatic N) is 1. The molecule has 3 nitrogen and oxygen atoms in total. The van der Waals surface area contributed by atoms with Gasteiger partial charge in [-0.2, -0.15) is 0 Å². The van der Waals surface area contributed by atoms with Crippen molar-refractivity contribution in [2.45, 2.75) is 24.2 Å². The fourth-order valence-corrected chi connectivity index (χ4v) is 3.30. The lowest BCUT2D eigenvalue weighted by molar-refractivity contribution is -0.119. The Kier molecular flexibility index (Phi) is 5.14. The molecule has 0 aliphatic heterocycles. The predicted octanol–water partition coefficient (Wildman–Crippen LogP) is 3.56. The van der Waals surface area contributed by atoms with E-state index in [9.17, 15) is 9.18 Å². The summed E-state index contributed by atoms with van der Waals surface area (Å²) in [6.07, 6.45) is 0. The second-order valence-electron chi connectivity index (χ2n) is 4.38. The maximum atomic E-state index is 12.8. The lowest BCUT2D eigenvalue weighted by atomic mass is 10.1. The summed E-state index contributed by atoms with van der Waals surface area (Å²) in [5, 5.41) is 4.85. The highest BCUT2D eigenvalue weighted by atomic mass is 32.2. The second kappa shape index (κ2) is 6.85. The first-order chi connectivity index (χ1) is 9.54. The van der Waals surface area contributed by atoms with Gasteiger partial charge in [-0.05, 0) is 31.5 Å². The van der Waals surface area contributed by atoms with E-state index in [0.717, 1.165) is 15.6 Å². The molecule has 0 aliphatic carbocycles. The molecule has 0 radical (unpaired) electrons. The normalized spacial score (nSPS) is 12.2. The predicted molar refractivity (Wildman–Crippen MR) is 80.5 cm³/mol. The molecule has 0 aliphatic rings. The number of rotatable bonds is 5. The zero-order valence-corrected chi connectivity index (χ0v) is 12.9. The van der Waals surface area contributed by atoms with E-state index in [-0.39, 0.29) is 17.8 Å². The average Bonchev–Trinajstić information content (AvgIpc) is 2.83. The lowest BCUT2D eigenvalue weighted by Gasteiger charge is -2.13. The molecule has 2 rings (SSSR count). The second-order valence-corrected chi connectivity index (χ2v) is 6.46. The van der Waals surface area contributed by atoms with Crippen LogP contribution in [-0.4, -0.2) is 16.6 Å². The lowest BCUT2D eigenvalue weighted by Crippen LogP contribution is -2.28. The molecule has 1 aromatic heterocycles. The van der Waals surface area contributed by atoms with Crippen LogP contribution in [0.2, 0.25) is 0 Å². The van der Waals surface area contributed by atoms with Crippen molar-refractivity contribution in [1.29, 1.82) is 0 Å². The molecule has 1 heterocycles. The van der Waals surface area contributed by atoms with Crippen molar-refractivity contribution in [3.8, 4) is 0 Å². The van der Waals surface area contributed by atoms with Crippen molar-refractivity contribution < 1.29 is 9.18 Å². The van der Waals surface area contributed by atoms with Gasteiger partial charge in [-0.25, -0.2) is 9.37 Å². The van der Waals surface area contributed by atoms with Crippen LogP contribution < -0.4 is 5.32 Å². The highest BCUT2D eigenvalue weighted by Crippen LogP contribution is 2.22. The smallest absolute Gasteiger partial charge is 0.230 e. The van der Waals surface area contributed by atoms with E-state index in [0.29, 0.717) is 5.75 Å². The number of thioether (sulfide) groups is 1. The molecular formula is C14H15FN2OS2. The molecule has 1 aromatic carbocycles. The van der Waals surface area contributed by atoms with E-state index >= 15 is 0 Å². The van der Waals surface area contributed by atoms with Crippen LogP contribution in [-0.2, 0) is 4.79 Å². The molecule has 0 spiro atoms. The van der Waals surface area contributed by atoms with Gasteiger partial charge >= 0.3 is 0 Å². The number of hydrogen-bond donors (Lipinski definition) is 1. The number of aryl methyl sites for hydroxylation is 1. The van der Waals surface area contributed by atoms with Gasteiger partial charge in [0.05, 0.1) is 11.8 Å². The van der Waals surface area contributed by atoms with Crippen LogP contribution >= 0.6 is 23.1 Å². The van der Waals surface area contributed by atoms with E-state index in [2.05, 4.69) is 10.3 Å². The molecule has 0 saturated carbocycles. The summed E-state index contributed by atoms with van der Waals surface area (Å²) < 4.78 is 13.7. The van der Waals surface area contributed by atoms with Crippen molar-refractivity contribution in [2.24, 2.45) is 0 Å². The number of amides is 1. The number of hydrogen-bond acceptors (Lipinski definition) is 4. The SMILES string of the molecule is Cc1csc(SCC(=O)N[C@@H](C)c2ccc(F)cc2)n1. The number of nitrogens with one attached hydrogen (secondary N) is 1. The van der Waals surface area contributed by atoms with Gasteiger partial charge in [-0.1, -0.05) is 23.9 Å². The molecule has 1 amide bonds. The van der Waals surface area contributed by atoms with Gasteiger partial charge in [0.1, 0.15) is 5.82 Å². The Hall–Kier alpha value is -1.40. The number of carbonyl (C=O) groups excluding carboxylic acids is 1. The summed E-state index contributed by atoms with van der Waals surface area (Å²) in [5.74, 6) is 0.0000275. The van der Waals surface area contributed by atoms with Gasteiger partial charge < -0.3 is 5.32 Å². The fraction of sp³-hybridized carbons (Fsp3) is 0.286. The van der Waals surface area contributed by atoms with Crippen LogP contribution in [0.1, 0.15) is 24.2 Å². The van der Waals surface area contributed by atoms with Gasteiger partial charge in [0, 0.05) is 11.1 Å². The van der Waals surface area contributed by atoms with Gasteiger partial charge in [-0.15, -0.1) is 11.3 Å². The van der Waals surface area contributed by atoms with E-state index in [4.69, 9.17) is 0 Å². The Morgan fingerprint density at radius 2 is 2.15 bits per heavy atom. The zero-order valence-electron chi connectivity index (χ0n) is 11.2. The summed E-state index contributed by atoms with van der Waals surface area (Å²) in [4.78, 5) is 16.1. The molecule has 20 heavy (non-hydrogen) atoms. The summed E-state index contributed by atoms with van der Waals surface area (Å²) >= 11 is 2.96. The number of benzene rings is 1. The van der Waals surface area contributed by atoms with Crippen molar-refractivity contribution in [2.75, 3.05) is 5.75 Å². The molecule has 1 atom stereocenters. The third-order valence-corrected chi connectivity index (χ3v) is 4.81. The molecule has 0 unspecified atom stereocenters. The fourth-order valence-electron chi connectivity index (χ4n) is 1.64. The third-order valence-electron chi connectivity index (χ3n) is 2.67. The van der Waals surface area contributed by atoms with Crippen molar-refractivity contribution in [3.05, 3.63) is 46.7 Å². The van der Waals surface area contributed by atoms with E-state index in [1.54, 1.807) is 12.1 Å². The average molecular weight is 310 g/mol.